The van der Waals surface area contributed by atoms with E-state index in [0.29, 0.717) is 11.8 Å². The molecule has 1 heterocycles. The fraction of sp³-hybridized carbons (Fsp3) is 0.375. The van der Waals surface area contributed by atoms with Crippen LogP contribution < -0.4 is 5.32 Å². The van der Waals surface area contributed by atoms with Gasteiger partial charge in [0.05, 0.1) is 0 Å². The number of thiophene rings is 1. The van der Waals surface area contributed by atoms with Gasteiger partial charge < -0.3 is 10.4 Å². The quantitative estimate of drug-likeness (QED) is 0.804. The zero-order chi connectivity index (χ0) is 13.7. The Morgan fingerprint density at radius 1 is 1.21 bits per heavy atom. The lowest BCUT2D eigenvalue weighted by Crippen LogP contribution is -2.24. The lowest BCUT2D eigenvalue weighted by Gasteiger charge is -2.23. The van der Waals surface area contributed by atoms with Crippen LogP contribution in [-0.2, 0) is 0 Å². The van der Waals surface area contributed by atoms with Gasteiger partial charge in [-0.25, -0.2) is 0 Å². The lowest BCUT2D eigenvalue weighted by atomic mass is 10.0. The Morgan fingerprint density at radius 3 is 2.63 bits per heavy atom. The van der Waals surface area contributed by atoms with Crippen LogP contribution in [0.4, 0.5) is 0 Å². The molecule has 0 radical (unpaired) electrons. The summed E-state index contributed by atoms with van der Waals surface area (Å²) < 4.78 is 0. The molecule has 3 heteroatoms. The van der Waals surface area contributed by atoms with E-state index >= 15 is 0 Å². The van der Waals surface area contributed by atoms with Crippen LogP contribution in [0.15, 0.2) is 41.8 Å². The fourth-order valence-corrected chi connectivity index (χ4v) is 3.15. The number of hydrogen-bond acceptors (Lipinski definition) is 3. The normalized spacial score (nSPS) is 14.2. The van der Waals surface area contributed by atoms with E-state index < -0.39 is 0 Å². The van der Waals surface area contributed by atoms with Crippen LogP contribution in [-0.4, -0.2) is 5.11 Å². The molecule has 1 aromatic carbocycles. The van der Waals surface area contributed by atoms with E-state index in [1.54, 1.807) is 17.4 Å². The first kappa shape index (κ1) is 14.1. The molecule has 0 fully saturated rings. The minimum absolute atomic E-state index is 0.139. The van der Waals surface area contributed by atoms with Crippen LogP contribution in [0.1, 0.15) is 49.2 Å². The Balaban J connectivity index is 2.11. The van der Waals surface area contributed by atoms with Gasteiger partial charge in [-0.2, -0.15) is 0 Å². The molecule has 0 aliphatic rings. The third kappa shape index (κ3) is 3.58. The molecule has 2 atom stereocenters. The lowest BCUT2D eigenvalue weighted by molar-refractivity contribution is 0.418. The molecular formula is C16H21NOS. The maximum absolute atomic E-state index is 9.92. The van der Waals surface area contributed by atoms with Gasteiger partial charge in [0.15, 0.2) is 0 Å². The molecular weight excluding hydrogens is 254 g/mol. The smallest absolute Gasteiger partial charge is 0.120 e. The van der Waals surface area contributed by atoms with Gasteiger partial charge in [0.1, 0.15) is 5.75 Å². The monoisotopic (exact) mass is 275 g/mol. The third-order valence-corrected chi connectivity index (χ3v) is 4.30. The molecule has 19 heavy (non-hydrogen) atoms. The molecule has 2 nitrogen and oxygen atoms in total. The number of aromatic hydroxyl groups is 1. The van der Waals surface area contributed by atoms with Crippen LogP contribution >= 0.6 is 11.3 Å². The number of rotatable bonds is 6. The Hall–Kier alpha value is -1.32. The fourth-order valence-electron chi connectivity index (χ4n) is 2.33. The Kier molecular flexibility index (Phi) is 5.00. The number of para-hydroxylation sites is 1. The summed E-state index contributed by atoms with van der Waals surface area (Å²) in [5.74, 6) is 0.365. The van der Waals surface area contributed by atoms with Crippen molar-refractivity contribution >= 4 is 11.3 Å². The van der Waals surface area contributed by atoms with Gasteiger partial charge in [0.2, 0.25) is 0 Å². The van der Waals surface area contributed by atoms with Crippen molar-refractivity contribution in [1.29, 1.82) is 0 Å². The third-order valence-electron chi connectivity index (χ3n) is 3.32. The highest BCUT2D eigenvalue weighted by Gasteiger charge is 2.17. The molecule has 0 saturated heterocycles. The summed E-state index contributed by atoms with van der Waals surface area (Å²) in [6.45, 7) is 4.30. The van der Waals surface area contributed by atoms with E-state index in [2.05, 4.69) is 36.7 Å². The number of hydrogen-bond donors (Lipinski definition) is 2. The summed E-state index contributed by atoms with van der Waals surface area (Å²) in [5.41, 5.74) is 0.958. The van der Waals surface area contributed by atoms with Crippen molar-refractivity contribution in [3.05, 3.63) is 52.2 Å². The standard InChI is InChI=1S/C16H21NOS/c1-3-7-14(16-10-6-11-19-16)17-12(2)13-8-4-5-9-15(13)18/h4-6,8-12,14,17-18H,3,7H2,1-2H3. The van der Waals surface area contributed by atoms with Crippen molar-refractivity contribution in [3.63, 3.8) is 0 Å². The van der Waals surface area contributed by atoms with E-state index in [0.717, 1.165) is 18.4 Å². The second kappa shape index (κ2) is 6.73. The van der Waals surface area contributed by atoms with Crippen LogP contribution in [0.3, 0.4) is 0 Å². The predicted octanol–water partition coefficient (Wildman–Crippen LogP) is 4.65. The van der Waals surface area contributed by atoms with Crippen molar-refractivity contribution in [2.24, 2.45) is 0 Å². The van der Waals surface area contributed by atoms with Gasteiger partial charge in [-0.05, 0) is 30.9 Å². The van der Waals surface area contributed by atoms with Crippen LogP contribution in [0, 0.1) is 0 Å². The van der Waals surface area contributed by atoms with E-state index in [4.69, 9.17) is 0 Å². The SMILES string of the molecule is CCCC(NC(C)c1ccccc1O)c1cccs1. The molecule has 2 rings (SSSR count). The van der Waals surface area contributed by atoms with Crippen molar-refractivity contribution < 1.29 is 5.11 Å². The van der Waals surface area contributed by atoms with Crippen LogP contribution in [0.25, 0.3) is 0 Å². The van der Waals surface area contributed by atoms with Crippen molar-refractivity contribution in [1.82, 2.24) is 5.32 Å². The average molecular weight is 275 g/mol. The van der Waals surface area contributed by atoms with Gasteiger partial charge >= 0.3 is 0 Å². The Labute approximate surface area is 119 Å². The second-order valence-corrected chi connectivity index (χ2v) is 5.78. The van der Waals surface area contributed by atoms with Gasteiger partial charge in [-0.3, -0.25) is 0 Å². The summed E-state index contributed by atoms with van der Waals surface area (Å²) in [6.07, 6.45) is 2.25. The van der Waals surface area contributed by atoms with Crippen molar-refractivity contribution in [2.45, 2.75) is 38.8 Å². The Bertz CT molecular complexity index is 495. The van der Waals surface area contributed by atoms with Gasteiger partial charge in [-0.1, -0.05) is 37.6 Å². The van der Waals surface area contributed by atoms with Crippen LogP contribution in [0.2, 0.25) is 0 Å². The zero-order valence-corrected chi connectivity index (χ0v) is 12.3. The topological polar surface area (TPSA) is 32.3 Å². The molecule has 2 N–H and O–H groups in total. The molecule has 0 amide bonds. The van der Waals surface area contributed by atoms with Crippen molar-refractivity contribution in [3.8, 4) is 5.75 Å². The largest absolute Gasteiger partial charge is 0.508 e. The van der Waals surface area contributed by atoms with Gasteiger partial charge in [0, 0.05) is 22.5 Å². The predicted molar refractivity (Wildman–Crippen MR) is 81.6 cm³/mol. The molecule has 0 bridgehead atoms. The first-order chi connectivity index (χ1) is 9.22. The number of benzene rings is 1. The summed E-state index contributed by atoms with van der Waals surface area (Å²) in [5, 5.41) is 15.7. The first-order valence-electron chi connectivity index (χ1n) is 6.79. The first-order valence-corrected chi connectivity index (χ1v) is 7.67. The Morgan fingerprint density at radius 2 is 2.00 bits per heavy atom. The highest BCUT2D eigenvalue weighted by atomic mass is 32.1. The average Bonchev–Trinajstić information content (AvgIpc) is 2.92. The van der Waals surface area contributed by atoms with E-state index in [9.17, 15) is 5.11 Å². The molecule has 0 spiro atoms. The van der Waals surface area contributed by atoms with E-state index in [1.165, 1.54) is 4.88 Å². The van der Waals surface area contributed by atoms with Crippen LogP contribution in [0.5, 0.6) is 5.75 Å². The van der Waals surface area contributed by atoms with Gasteiger partial charge in [-0.15, -0.1) is 11.3 Å². The molecule has 0 aliphatic heterocycles. The van der Waals surface area contributed by atoms with E-state index in [-0.39, 0.29) is 6.04 Å². The van der Waals surface area contributed by atoms with E-state index in [1.807, 2.05) is 18.2 Å². The molecule has 1 aromatic heterocycles. The summed E-state index contributed by atoms with van der Waals surface area (Å²) in [7, 11) is 0. The molecule has 0 aliphatic carbocycles. The highest BCUT2D eigenvalue weighted by molar-refractivity contribution is 7.10. The number of nitrogens with one attached hydrogen (secondary N) is 1. The second-order valence-electron chi connectivity index (χ2n) is 4.80. The summed E-state index contributed by atoms with van der Waals surface area (Å²) in [6, 6.07) is 12.3. The van der Waals surface area contributed by atoms with Gasteiger partial charge in [0.25, 0.3) is 0 Å². The highest BCUT2D eigenvalue weighted by Crippen LogP contribution is 2.29. The minimum atomic E-state index is 0.139. The summed E-state index contributed by atoms with van der Waals surface area (Å²) in [4.78, 5) is 1.36. The van der Waals surface area contributed by atoms with Crippen molar-refractivity contribution in [2.75, 3.05) is 0 Å². The maximum Gasteiger partial charge on any atom is 0.120 e. The molecule has 2 unspecified atom stereocenters. The molecule has 0 saturated carbocycles. The minimum Gasteiger partial charge on any atom is -0.508 e. The zero-order valence-electron chi connectivity index (χ0n) is 11.5. The number of phenolic OH excluding ortho intramolecular Hbond substituents is 1. The molecule has 102 valence electrons. The number of phenols is 1. The molecule has 2 aromatic rings. The summed E-state index contributed by atoms with van der Waals surface area (Å²) >= 11 is 1.79. The maximum atomic E-state index is 9.92.